The van der Waals surface area contributed by atoms with Crippen LogP contribution in [0.3, 0.4) is 0 Å². The molecule has 0 amide bonds. The van der Waals surface area contributed by atoms with Crippen molar-refractivity contribution in [1.82, 2.24) is 0 Å². The first-order chi connectivity index (χ1) is 40.6. The van der Waals surface area contributed by atoms with E-state index in [4.69, 9.17) is 37.0 Å². The molecular formula is C66H128O17P2. The van der Waals surface area contributed by atoms with E-state index in [0.29, 0.717) is 31.6 Å². The Bertz CT molecular complexity index is 1700. The third kappa shape index (κ3) is 59.5. The summed E-state index contributed by atoms with van der Waals surface area (Å²) in [5, 5.41) is 10.5. The Kier molecular flexibility index (Phi) is 54.8. The Morgan fingerprint density at radius 2 is 0.565 bits per heavy atom. The second kappa shape index (κ2) is 56.1. The Morgan fingerprint density at radius 1 is 0.329 bits per heavy atom. The first-order valence-electron chi connectivity index (χ1n) is 34.2. The maximum Gasteiger partial charge on any atom is 0.472 e. The van der Waals surface area contributed by atoms with Crippen LogP contribution in [0.4, 0.5) is 0 Å². The Balaban J connectivity index is 5.26. The number of phosphoric ester groups is 2. The number of carbonyl (C=O) groups is 4. The standard InChI is InChI=1S/C66H128O17P2/c1-9-59(8)45-37-29-20-12-10-11-13-22-32-40-48-65(70)82-61(52-76-63(68)46-38-30-21-16-14-18-26-34-42-56(2)3)54-80-84(72,73)78-50-60(67)51-79-85(74,75)81-55-62(53-77-64(69)47-39-31-25-24-28-36-44-58(6)7)83-66(71)49-41-33-23-17-15-19-27-35-43-57(4)5/h56-62,67H,9-55H2,1-8H3,(H,72,73)(H,74,75)/t59?,60?,61-,62-/m1/s1. The summed E-state index contributed by atoms with van der Waals surface area (Å²) in [5.74, 6) is 0.788. The van der Waals surface area contributed by atoms with Crippen molar-refractivity contribution in [3.8, 4) is 0 Å². The second-order valence-corrected chi connectivity index (χ2v) is 28.4. The smallest absolute Gasteiger partial charge is 0.462 e. The number of hydrogen-bond acceptors (Lipinski definition) is 15. The molecule has 4 unspecified atom stereocenters. The molecule has 17 nitrogen and oxygen atoms in total. The predicted molar refractivity (Wildman–Crippen MR) is 340 cm³/mol. The largest absolute Gasteiger partial charge is 0.472 e. The predicted octanol–water partition coefficient (Wildman–Crippen LogP) is 18.1. The van der Waals surface area contributed by atoms with Gasteiger partial charge in [-0.05, 0) is 49.4 Å². The summed E-state index contributed by atoms with van der Waals surface area (Å²) in [6.07, 6.45) is 36.3. The monoisotopic (exact) mass is 1250 g/mol. The van der Waals surface area contributed by atoms with E-state index in [1.54, 1.807) is 0 Å². The minimum absolute atomic E-state index is 0.103. The second-order valence-electron chi connectivity index (χ2n) is 25.5. The van der Waals surface area contributed by atoms with Gasteiger partial charge in [-0.1, -0.05) is 267 Å². The number of aliphatic hydroxyl groups is 1. The molecule has 504 valence electrons. The molecule has 0 aromatic rings. The third-order valence-electron chi connectivity index (χ3n) is 15.4. The molecule has 0 aromatic heterocycles. The average Bonchev–Trinajstić information content (AvgIpc) is 3.46. The van der Waals surface area contributed by atoms with Gasteiger partial charge in [-0.25, -0.2) is 9.13 Å². The topological polar surface area (TPSA) is 237 Å². The number of unbranched alkanes of at least 4 members (excludes halogenated alkanes) is 28. The van der Waals surface area contributed by atoms with E-state index in [-0.39, 0.29) is 25.7 Å². The Morgan fingerprint density at radius 3 is 0.835 bits per heavy atom. The van der Waals surface area contributed by atoms with E-state index < -0.39 is 97.5 Å². The van der Waals surface area contributed by atoms with E-state index in [0.717, 1.165) is 114 Å². The molecule has 0 radical (unpaired) electrons. The SMILES string of the molecule is CCC(C)CCCCCCCCCCCCC(=O)O[C@H](COC(=O)CCCCCCCCCCC(C)C)COP(=O)(O)OCC(O)COP(=O)(O)OC[C@@H](COC(=O)CCCCCCCCC(C)C)OC(=O)CCCCCCCCCCC(C)C. The number of esters is 4. The number of ether oxygens (including phenoxy) is 4. The van der Waals surface area contributed by atoms with Crippen molar-refractivity contribution >= 4 is 39.5 Å². The van der Waals surface area contributed by atoms with Crippen LogP contribution in [0.25, 0.3) is 0 Å². The first kappa shape index (κ1) is 83.1. The fourth-order valence-corrected chi connectivity index (χ4v) is 11.3. The van der Waals surface area contributed by atoms with Crippen LogP contribution >= 0.6 is 15.6 Å². The average molecular weight is 1260 g/mol. The molecule has 0 aromatic carbocycles. The quantitative estimate of drug-likeness (QED) is 0.0222. The molecule has 0 saturated heterocycles. The van der Waals surface area contributed by atoms with Gasteiger partial charge < -0.3 is 33.8 Å². The molecule has 0 saturated carbocycles. The lowest BCUT2D eigenvalue weighted by atomic mass is 9.99. The molecule has 0 fully saturated rings. The minimum atomic E-state index is -4.95. The highest BCUT2D eigenvalue weighted by Crippen LogP contribution is 2.45. The molecular weight excluding hydrogens is 1130 g/mol. The van der Waals surface area contributed by atoms with Crippen molar-refractivity contribution in [1.29, 1.82) is 0 Å². The fourth-order valence-electron chi connectivity index (χ4n) is 9.75. The summed E-state index contributed by atoms with van der Waals surface area (Å²) in [4.78, 5) is 72.3. The molecule has 0 bridgehead atoms. The first-order valence-corrected chi connectivity index (χ1v) is 37.2. The van der Waals surface area contributed by atoms with Crippen molar-refractivity contribution in [2.75, 3.05) is 39.6 Å². The molecule has 6 atom stereocenters. The van der Waals surface area contributed by atoms with Crippen LogP contribution < -0.4 is 0 Å². The summed E-state index contributed by atoms with van der Waals surface area (Å²) in [5.41, 5.74) is 0. The lowest BCUT2D eigenvalue weighted by Gasteiger charge is -2.21. The molecule has 0 rings (SSSR count). The lowest BCUT2D eigenvalue weighted by molar-refractivity contribution is -0.161. The van der Waals surface area contributed by atoms with Crippen LogP contribution in [-0.2, 0) is 65.4 Å². The van der Waals surface area contributed by atoms with Crippen LogP contribution in [0.5, 0.6) is 0 Å². The maximum atomic E-state index is 13.0. The zero-order valence-corrected chi connectivity index (χ0v) is 57.0. The van der Waals surface area contributed by atoms with Gasteiger partial charge in [0.15, 0.2) is 12.2 Å². The molecule has 0 aliphatic rings. The van der Waals surface area contributed by atoms with Crippen LogP contribution in [0.2, 0.25) is 0 Å². The zero-order chi connectivity index (χ0) is 63.2. The van der Waals surface area contributed by atoms with Gasteiger partial charge in [-0.3, -0.25) is 37.3 Å². The van der Waals surface area contributed by atoms with Crippen molar-refractivity contribution in [3.05, 3.63) is 0 Å². The zero-order valence-electron chi connectivity index (χ0n) is 55.2. The number of phosphoric acid groups is 2. The van der Waals surface area contributed by atoms with Gasteiger partial charge in [-0.2, -0.15) is 0 Å². The molecule has 3 N–H and O–H groups in total. The highest BCUT2D eigenvalue weighted by atomic mass is 31.2. The van der Waals surface area contributed by atoms with E-state index in [1.807, 2.05) is 0 Å². The summed E-state index contributed by atoms with van der Waals surface area (Å²) >= 11 is 0. The van der Waals surface area contributed by atoms with Crippen molar-refractivity contribution < 1.29 is 80.2 Å². The Labute approximate surface area is 517 Å². The van der Waals surface area contributed by atoms with Crippen LogP contribution in [0, 0.1) is 23.7 Å². The van der Waals surface area contributed by atoms with Crippen molar-refractivity contribution in [3.63, 3.8) is 0 Å². The number of aliphatic hydroxyl groups excluding tert-OH is 1. The molecule has 85 heavy (non-hydrogen) atoms. The lowest BCUT2D eigenvalue weighted by Crippen LogP contribution is -2.30. The van der Waals surface area contributed by atoms with E-state index in [9.17, 15) is 43.2 Å². The number of hydrogen-bond donors (Lipinski definition) is 3. The van der Waals surface area contributed by atoms with E-state index in [1.165, 1.54) is 116 Å². The number of carbonyl (C=O) groups excluding carboxylic acids is 4. The number of rotatable bonds is 63. The maximum absolute atomic E-state index is 13.0. The van der Waals surface area contributed by atoms with Crippen LogP contribution in [0.15, 0.2) is 0 Å². The summed E-state index contributed by atoms with van der Waals surface area (Å²) in [6, 6.07) is 0. The van der Waals surface area contributed by atoms with E-state index >= 15 is 0 Å². The third-order valence-corrected chi connectivity index (χ3v) is 17.3. The van der Waals surface area contributed by atoms with E-state index in [2.05, 4.69) is 55.4 Å². The molecule has 0 aliphatic carbocycles. The fraction of sp³-hybridized carbons (Fsp3) is 0.939. The highest BCUT2D eigenvalue weighted by Gasteiger charge is 2.30. The van der Waals surface area contributed by atoms with Gasteiger partial charge in [0.05, 0.1) is 26.4 Å². The van der Waals surface area contributed by atoms with Gasteiger partial charge in [-0.15, -0.1) is 0 Å². The van der Waals surface area contributed by atoms with Gasteiger partial charge in [0.2, 0.25) is 0 Å². The summed E-state index contributed by atoms with van der Waals surface area (Å²) in [7, 11) is -9.89. The molecule has 0 heterocycles. The summed E-state index contributed by atoms with van der Waals surface area (Å²) in [6.45, 7) is 14.0. The summed E-state index contributed by atoms with van der Waals surface area (Å²) < 4.78 is 68.1. The molecule has 0 spiro atoms. The van der Waals surface area contributed by atoms with Gasteiger partial charge in [0, 0.05) is 25.7 Å². The van der Waals surface area contributed by atoms with Gasteiger partial charge in [0.25, 0.3) is 0 Å². The van der Waals surface area contributed by atoms with Crippen molar-refractivity contribution in [2.24, 2.45) is 23.7 Å². The Hall–Kier alpha value is -1.94. The van der Waals surface area contributed by atoms with Gasteiger partial charge >= 0.3 is 39.5 Å². The van der Waals surface area contributed by atoms with Crippen LogP contribution in [-0.4, -0.2) is 96.7 Å². The van der Waals surface area contributed by atoms with Crippen molar-refractivity contribution in [2.45, 2.75) is 337 Å². The molecule has 19 heteroatoms. The minimum Gasteiger partial charge on any atom is -0.462 e. The van der Waals surface area contributed by atoms with Crippen LogP contribution in [0.1, 0.15) is 319 Å². The normalized spacial score (nSPS) is 14.7. The molecule has 0 aliphatic heterocycles. The van der Waals surface area contributed by atoms with Gasteiger partial charge in [0.1, 0.15) is 19.3 Å². The highest BCUT2D eigenvalue weighted by molar-refractivity contribution is 7.47.